The third-order valence-electron chi connectivity index (χ3n) is 6.66. The van der Waals surface area contributed by atoms with Crippen molar-refractivity contribution in [1.82, 2.24) is 14.7 Å². The molecule has 0 spiro atoms. The second-order valence-electron chi connectivity index (χ2n) is 8.85. The van der Waals surface area contributed by atoms with Gasteiger partial charge in [0.1, 0.15) is 5.82 Å². The second kappa shape index (κ2) is 10.3. The molecule has 9 heteroatoms. The van der Waals surface area contributed by atoms with Crippen LogP contribution < -0.4 is 0 Å². The number of rotatable bonds is 6. The topological polar surface area (TPSA) is 65.5 Å². The number of esters is 1. The molecule has 0 radical (unpaired) electrons. The Balaban J connectivity index is 1.64. The van der Waals surface area contributed by atoms with Crippen molar-refractivity contribution in [2.24, 2.45) is 4.99 Å². The average molecular weight is 487 g/mol. The number of allylic oxidation sites excluding steroid dienone is 1. The molecule has 1 aromatic carbocycles. The third-order valence-corrected chi connectivity index (χ3v) is 7.55. The molecule has 0 bridgehead atoms. The zero-order valence-corrected chi connectivity index (χ0v) is 20.9. The van der Waals surface area contributed by atoms with E-state index in [9.17, 15) is 9.59 Å². The molecule has 3 aliphatic rings. The summed E-state index contributed by atoms with van der Waals surface area (Å²) in [4.78, 5) is 36.8. The average Bonchev–Trinajstić information content (AvgIpc) is 3.20. The van der Waals surface area contributed by atoms with Crippen molar-refractivity contribution in [3.8, 4) is 0 Å². The van der Waals surface area contributed by atoms with Gasteiger partial charge in [-0.15, -0.1) is 0 Å². The number of thioether (sulfide) groups is 1. The lowest BCUT2D eigenvalue weighted by atomic mass is 9.93. The van der Waals surface area contributed by atoms with Crippen molar-refractivity contribution in [3.05, 3.63) is 58.0 Å². The molecule has 7 nitrogen and oxygen atoms in total. The van der Waals surface area contributed by atoms with Crippen LogP contribution in [-0.4, -0.2) is 71.6 Å². The van der Waals surface area contributed by atoms with Crippen LogP contribution >= 0.6 is 11.8 Å². The molecule has 0 saturated carbocycles. The molecule has 0 N–H and O–H groups in total. The molecule has 3 aliphatic heterocycles. The monoisotopic (exact) mass is 486 g/mol. The van der Waals surface area contributed by atoms with Gasteiger partial charge in [0, 0.05) is 24.4 Å². The zero-order valence-electron chi connectivity index (χ0n) is 20.1. The van der Waals surface area contributed by atoms with Crippen molar-refractivity contribution < 1.29 is 18.7 Å². The Morgan fingerprint density at radius 3 is 2.65 bits per heavy atom. The highest BCUT2D eigenvalue weighted by molar-refractivity contribution is 8.16. The van der Waals surface area contributed by atoms with E-state index >= 15 is 4.39 Å². The number of likely N-dealkylation sites (tertiary alicyclic amines) is 1. The number of carbonyl (C=O) groups is 2. The third kappa shape index (κ3) is 4.77. The summed E-state index contributed by atoms with van der Waals surface area (Å²) in [5.41, 5.74) is 1.84. The van der Waals surface area contributed by atoms with Gasteiger partial charge >= 0.3 is 5.97 Å². The first-order valence-corrected chi connectivity index (χ1v) is 12.5. The smallest absolute Gasteiger partial charge is 0.338 e. The first kappa shape index (κ1) is 24.5. The van der Waals surface area contributed by atoms with E-state index in [4.69, 9.17) is 4.74 Å². The highest BCUT2D eigenvalue weighted by atomic mass is 32.2. The fourth-order valence-corrected chi connectivity index (χ4v) is 5.66. The summed E-state index contributed by atoms with van der Waals surface area (Å²) in [6.45, 7) is 5.60. The van der Waals surface area contributed by atoms with Crippen LogP contribution in [0.2, 0.25) is 0 Å². The van der Waals surface area contributed by atoms with Gasteiger partial charge in [0.15, 0.2) is 5.17 Å². The molecule has 1 aromatic rings. The van der Waals surface area contributed by atoms with Crippen LogP contribution in [0.5, 0.6) is 0 Å². The van der Waals surface area contributed by atoms with E-state index in [1.807, 2.05) is 22.3 Å². The Morgan fingerprint density at radius 2 is 1.97 bits per heavy atom. The van der Waals surface area contributed by atoms with Gasteiger partial charge in [0.05, 0.1) is 30.3 Å². The SMILES string of the molecule is CCOC(=O)C1=C(C)N=C2SC=C(CC(=O)N(C)C3CCN(C)CC3)N2[C@H]1c1ccccc1F. The summed E-state index contributed by atoms with van der Waals surface area (Å²) in [7, 11) is 3.95. The summed E-state index contributed by atoms with van der Waals surface area (Å²) < 4.78 is 20.3. The number of piperidine rings is 1. The van der Waals surface area contributed by atoms with Crippen molar-refractivity contribution in [2.75, 3.05) is 33.8 Å². The molecule has 0 aromatic heterocycles. The Kier molecular flexibility index (Phi) is 7.42. The Labute approximate surface area is 204 Å². The summed E-state index contributed by atoms with van der Waals surface area (Å²) >= 11 is 1.39. The Bertz CT molecular complexity index is 1060. The van der Waals surface area contributed by atoms with Gasteiger partial charge in [-0.3, -0.25) is 4.79 Å². The van der Waals surface area contributed by atoms with E-state index in [0.717, 1.165) is 25.9 Å². The molecule has 1 atom stereocenters. The number of hydrogen-bond acceptors (Lipinski definition) is 7. The summed E-state index contributed by atoms with van der Waals surface area (Å²) in [5.74, 6) is -0.949. The van der Waals surface area contributed by atoms with Crippen LogP contribution in [0.25, 0.3) is 0 Å². The van der Waals surface area contributed by atoms with Gasteiger partial charge < -0.3 is 19.4 Å². The molecule has 34 heavy (non-hydrogen) atoms. The minimum Gasteiger partial charge on any atom is -0.463 e. The maximum Gasteiger partial charge on any atom is 0.338 e. The largest absolute Gasteiger partial charge is 0.463 e. The van der Waals surface area contributed by atoms with E-state index in [-0.39, 0.29) is 25.0 Å². The molecular weight excluding hydrogens is 455 g/mol. The molecule has 4 rings (SSSR count). The van der Waals surface area contributed by atoms with Gasteiger partial charge in [-0.2, -0.15) is 0 Å². The van der Waals surface area contributed by atoms with E-state index < -0.39 is 17.8 Å². The summed E-state index contributed by atoms with van der Waals surface area (Å²) in [6.07, 6.45) is 2.03. The van der Waals surface area contributed by atoms with Crippen molar-refractivity contribution >= 4 is 28.8 Å². The number of hydrogen-bond donors (Lipinski definition) is 0. The van der Waals surface area contributed by atoms with Crippen molar-refractivity contribution in [1.29, 1.82) is 0 Å². The number of amides is 1. The maximum absolute atomic E-state index is 15.0. The number of fused-ring (bicyclic) bond motifs is 1. The summed E-state index contributed by atoms with van der Waals surface area (Å²) in [5, 5.41) is 2.51. The van der Waals surface area contributed by atoms with E-state index in [1.165, 1.54) is 17.8 Å². The molecular formula is C25H31FN4O3S. The lowest BCUT2D eigenvalue weighted by Crippen LogP contribution is -2.45. The minimum atomic E-state index is -0.754. The highest BCUT2D eigenvalue weighted by Gasteiger charge is 2.42. The first-order valence-electron chi connectivity index (χ1n) is 11.6. The lowest BCUT2D eigenvalue weighted by Gasteiger charge is -2.38. The predicted octanol–water partition coefficient (Wildman–Crippen LogP) is 3.91. The fourth-order valence-electron chi connectivity index (χ4n) is 4.70. The van der Waals surface area contributed by atoms with Crippen molar-refractivity contribution in [2.45, 2.75) is 45.2 Å². The van der Waals surface area contributed by atoms with Crippen LogP contribution in [0.4, 0.5) is 4.39 Å². The van der Waals surface area contributed by atoms with Crippen LogP contribution in [0.15, 0.2) is 51.6 Å². The standard InChI is InChI=1S/C25H31FN4O3S/c1-5-33-24(32)22-16(2)27-25-30(23(22)19-8-6-7-9-20(19)26)18(15-34-25)14-21(31)29(4)17-10-12-28(3)13-11-17/h6-9,15,17,23H,5,10-14H2,1-4H3/t23-/m0/s1. The van der Waals surface area contributed by atoms with Gasteiger partial charge in [-0.05, 0) is 58.3 Å². The first-order chi connectivity index (χ1) is 16.3. The van der Waals surface area contributed by atoms with Crippen molar-refractivity contribution in [3.63, 3.8) is 0 Å². The normalized spacial score (nSPS) is 21.2. The van der Waals surface area contributed by atoms with Crippen LogP contribution in [0.1, 0.15) is 44.7 Å². The lowest BCUT2D eigenvalue weighted by molar-refractivity contribution is -0.139. The highest BCUT2D eigenvalue weighted by Crippen LogP contribution is 2.45. The number of ether oxygens (including phenoxy) is 1. The molecule has 1 amide bonds. The Hall–Kier alpha value is -2.65. The van der Waals surface area contributed by atoms with E-state index in [2.05, 4.69) is 16.9 Å². The quantitative estimate of drug-likeness (QED) is 0.568. The van der Waals surface area contributed by atoms with Crippen LogP contribution in [0, 0.1) is 5.82 Å². The molecule has 182 valence electrons. The number of benzene rings is 1. The van der Waals surface area contributed by atoms with E-state index in [1.54, 1.807) is 32.0 Å². The van der Waals surface area contributed by atoms with Gasteiger partial charge in [0.25, 0.3) is 0 Å². The number of carbonyl (C=O) groups excluding carboxylic acids is 2. The Morgan fingerprint density at radius 1 is 1.26 bits per heavy atom. The predicted molar refractivity (Wildman–Crippen MR) is 131 cm³/mol. The molecule has 1 saturated heterocycles. The van der Waals surface area contributed by atoms with E-state index in [0.29, 0.717) is 27.7 Å². The van der Waals surface area contributed by atoms with Crippen LogP contribution in [0.3, 0.4) is 0 Å². The second-order valence-corrected chi connectivity index (χ2v) is 9.69. The number of nitrogens with zero attached hydrogens (tertiary/aromatic N) is 4. The number of aliphatic imine (C=N–C) groups is 1. The molecule has 1 fully saturated rings. The molecule has 0 unspecified atom stereocenters. The molecule has 0 aliphatic carbocycles. The molecule has 3 heterocycles. The number of amidine groups is 1. The number of halogens is 1. The zero-order chi connectivity index (χ0) is 24.4. The van der Waals surface area contributed by atoms with Crippen LogP contribution in [-0.2, 0) is 14.3 Å². The van der Waals surface area contributed by atoms with Gasteiger partial charge in [0.2, 0.25) is 5.91 Å². The van der Waals surface area contributed by atoms with Gasteiger partial charge in [-0.25, -0.2) is 14.2 Å². The van der Waals surface area contributed by atoms with Gasteiger partial charge in [-0.1, -0.05) is 30.0 Å². The summed E-state index contributed by atoms with van der Waals surface area (Å²) in [6, 6.07) is 5.86. The minimum absolute atomic E-state index is 0.00102. The maximum atomic E-state index is 15.0. The fraction of sp³-hybridized carbons (Fsp3) is 0.480.